The smallest absolute Gasteiger partial charge is 0.101 e. The van der Waals surface area contributed by atoms with E-state index in [4.69, 9.17) is 16.9 Å². The third-order valence-corrected chi connectivity index (χ3v) is 3.85. The Morgan fingerprint density at radius 3 is 2.76 bits per heavy atom. The monoisotopic (exact) mass is 248 g/mol. The molecule has 17 heavy (non-hydrogen) atoms. The second kappa shape index (κ2) is 4.98. The van der Waals surface area contributed by atoms with Gasteiger partial charge in [-0.3, -0.25) is 0 Å². The summed E-state index contributed by atoms with van der Waals surface area (Å²) in [4.78, 5) is 0. The van der Waals surface area contributed by atoms with Crippen molar-refractivity contribution >= 4 is 17.3 Å². The van der Waals surface area contributed by atoms with E-state index in [9.17, 15) is 0 Å². The van der Waals surface area contributed by atoms with Gasteiger partial charge in [0.05, 0.1) is 11.3 Å². The predicted octanol–water partition coefficient (Wildman–Crippen LogP) is 4.20. The first-order valence-electron chi connectivity index (χ1n) is 6.06. The number of anilines is 1. The summed E-state index contributed by atoms with van der Waals surface area (Å²) in [6, 6.07) is 7.60. The third-order valence-electron chi connectivity index (χ3n) is 3.62. The first kappa shape index (κ1) is 12.3. The lowest BCUT2D eigenvalue weighted by Gasteiger charge is -2.24. The molecule has 2 rings (SSSR count). The van der Waals surface area contributed by atoms with E-state index in [-0.39, 0.29) is 0 Å². The Kier molecular flexibility index (Phi) is 3.59. The number of hydrogen-bond acceptors (Lipinski definition) is 2. The van der Waals surface area contributed by atoms with Crippen LogP contribution in [0.3, 0.4) is 0 Å². The number of nitrogens with one attached hydrogen (secondary N) is 1. The van der Waals surface area contributed by atoms with Crippen LogP contribution in [0.25, 0.3) is 0 Å². The molecule has 1 saturated carbocycles. The molecule has 1 aromatic carbocycles. The van der Waals surface area contributed by atoms with E-state index in [1.54, 1.807) is 6.07 Å². The van der Waals surface area contributed by atoms with Crippen LogP contribution in [0.1, 0.15) is 38.2 Å². The Morgan fingerprint density at radius 2 is 2.12 bits per heavy atom. The molecule has 3 heteroatoms. The molecule has 0 heterocycles. The van der Waals surface area contributed by atoms with Crippen LogP contribution in [-0.2, 0) is 0 Å². The maximum atomic E-state index is 9.05. The van der Waals surface area contributed by atoms with Gasteiger partial charge in [0.25, 0.3) is 0 Å². The fourth-order valence-corrected chi connectivity index (χ4v) is 2.65. The summed E-state index contributed by atoms with van der Waals surface area (Å²) >= 11 is 5.87. The maximum Gasteiger partial charge on any atom is 0.101 e. The number of nitriles is 1. The van der Waals surface area contributed by atoms with Crippen LogP contribution >= 0.6 is 11.6 Å². The summed E-state index contributed by atoms with van der Waals surface area (Å²) in [7, 11) is 0. The fraction of sp³-hybridized carbons (Fsp3) is 0.500. The molecule has 0 spiro atoms. The lowest BCUT2D eigenvalue weighted by molar-refractivity contribution is 0.362. The fourth-order valence-electron chi connectivity index (χ4n) is 2.48. The highest BCUT2D eigenvalue weighted by molar-refractivity contribution is 6.30. The van der Waals surface area contributed by atoms with E-state index in [0.29, 0.717) is 16.0 Å². The number of nitrogens with zero attached hydrogens (tertiary/aromatic N) is 1. The first-order valence-corrected chi connectivity index (χ1v) is 6.44. The highest BCUT2D eigenvalue weighted by Gasteiger charge is 2.28. The molecule has 0 radical (unpaired) electrons. The van der Waals surface area contributed by atoms with Crippen LogP contribution < -0.4 is 5.32 Å². The van der Waals surface area contributed by atoms with Crippen molar-refractivity contribution in [2.45, 2.75) is 32.6 Å². The highest BCUT2D eigenvalue weighted by atomic mass is 35.5. The Hall–Kier alpha value is -1.20. The lowest BCUT2D eigenvalue weighted by Crippen LogP contribution is -2.23. The van der Waals surface area contributed by atoms with Crippen molar-refractivity contribution in [2.24, 2.45) is 5.41 Å². The van der Waals surface area contributed by atoms with Crippen molar-refractivity contribution in [3.63, 3.8) is 0 Å². The maximum absolute atomic E-state index is 9.05. The van der Waals surface area contributed by atoms with Gasteiger partial charge in [-0.25, -0.2) is 0 Å². The van der Waals surface area contributed by atoms with E-state index >= 15 is 0 Å². The largest absolute Gasteiger partial charge is 0.383 e. The Balaban J connectivity index is 2.06. The molecule has 1 N–H and O–H groups in total. The number of hydrogen-bond donors (Lipinski definition) is 1. The van der Waals surface area contributed by atoms with Crippen LogP contribution in [0.5, 0.6) is 0 Å². The second-order valence-electron chi connectivity index (χ2n) is 5.17. The minimum absolute atomic E-state index is 0.381. The van der Waals surface area contributed by atoms with E-state index in [1.807, 2.05) is 12.1 Å². The Morgan fingerprint density at radius 1 is 1.41 bits per heavy atom. The molecule has 0 aromatic heterocycles. The van der Waals surface area contributed by atoms with Gasteiger partial charge in [0.15, 0.2) is 0 Å². The zero-order valence-electron chi connectivity index (χ0n) is 10.1. The van der Waals surface area contributed by atoms with Gasteiger partial charge in [0.1, 0.15) is 6.07 Å². The van der Waals surface area contributed by atoms with Crippen LogP contribution in [0.2, 0.25) is 5.02 Å². The second-order valence-corrected chi connectivity index (χ2v) is 5.61. The Bertz CT molecular complexity index is 442. The molecule has 0 amide bonds. The number of halogens is 1. The van der Waals surface area contributed by atoms with Gasteiger partial charge in [-0.2, -0.15) is 5.26 Å². The van der Waals surface area contributed by atoms with Gasteiger partial charge in [0, 0.05) is 11.6 Å². The molecule has 1 aliphatic carbocycles. The molecule has 0 unspecified atom stereocenters. The summed E-state index contributed by atoms with van der Waals surface area (Å²) < 4.78 is 0. The minimum Gasteiger partial charge on any atom is -0.383 e. The highest BCUT2D eigenvalue weighted by Crippen LogP contribution is 2.37. The summed E-state index contributed by atoms with van der Waals surface area (Å²) in [5.41, 5.74) is 1.90. The molecule has 0 atom stereocenters. The van der Waals surface area contributed by atoms with Gasteiger partial charge in [0.2, 0.25) is 0 Å². The van der Waals surface area contributed by atoms with Crippen LogP contribution in [-0.4, -0.2) is 6.54 Å². The van der Waals surface area contributed by atoms with E-state index < -0.39 is 0 Å². The average molecular weight is 249 g/mol. The quantitative estimate of drug-likeness (QED) is 0.870. The van der Waals surface area contributed by atoms with Gasteiger partial charge in [-0.1, -0.05) is 31.4 Å². The molecule has 0 aliphatic heterocycles. The van der Waals surface area contributed by atoms with Crippen molar-refractivity contribution in [3.05, 3.63) is 28.8 Å². The molecule has 90 valence electrons. The topological polar surface area (TPSA) is 35.8 Å². The summed E-state index contributed by atoms with van der Waals surface area (Å²) in [6.45, 7) is 3.25. The average Bonchev–Trinajstić information content (AvgIpc) is 2.75. The standard InChI is InChI=1S/C14H17ClN2/c1-14(6-2-3-7-14)10-17-13-5-4-12(15)8-11(13)9-16/h4-5,8,17H,2-3,6-7,10H2,1H3. The molecule has 1 fully saturated rings. The molecule has 2 nitrogen and oxygen atoms in total. The van der Waals surface area contributed by atoms with Crippen molar-refractivity contribution in [3.8, 4) is 6.07 Å². The zero-order valence-corrected chi connectivity index (χ0v) is 10.8. The normalized spacial score (nSPS) is 17.7. The zero-order chi connectivity index (χ0) is 12.3. The third kappa shape index (κ3) is 2.92. The van der Waals surface area contributed by atoms with Gasteiger partial charge in [-0.15, -0.1) is 0 Å². The van der Waals surface area contributed by atoms with Gasteiger partial charge >= 0.3 is 0 Å². The summed E-state index contributed by atoms with van der Waals surface area (Å²) in [6.07, 6.45) is 5.19. The van der Waals surface area contributed by atoms with Crippen molar-refractivity contribution in [2.75, 3.05) is 11.9 Å². The molecule has 1 aromatic rings. The molecular formula is C14H17ClN2. The van der Waals surface area contributed by atoms with Crippen molar-refractivity contribution < 1.29 is 0 Å². The predicted molar refractivity (Wildman–Crippen MR) is 71.2 cm³/mol. The van der Waals surface area contributed by atoms with Crippen LogP contribution in [0.15, 0.2) is 18.2 Å². The SMILES string of the molecule is CC1(CNc2ccc(Cl)cc2C#N)CCCC1. The minimum atomic E-state index is 0.381. The molecule has 0 saturated heterocycles. The van der Waals surface area contributed by atoms with E-state index in [2.05, 4.69) is 18.3 Å². The van der Waals surface area contributed by atoms with E-state index in [0.717, 1.165) is 12.2 Å². The van der Waals surface area contributed by atoms with Crippen molar-refractivity contribution in [1.82, 2.24) is 0 Å². The van der Waals surface area contributed by atoms with Crippen LogP contribution in [0, 0.1) is 16.7 Å². The van der Waals surface area contributed by atoms with Gasteiger partial charge < -0.3 is 5.32 Å². The van der Waals surface area contributed by atoms with Crippen molar-refractivity contribution in [1.29, 1.82) is 5.26 Å². The Labute approximate surface area is 108 Å². The summed E-state index contributed by atoms with van der Waals surface area (Å²) in [5, 5.41) is 13.1. The lowest BCUT2D eigenvalue weighted by atomic mass is 9.89. The number of benzene rings is 1. The molecule has 1 aliphatic rings. The molecular weight excluding hydrogens is 232 g/mol. The summed E-state index contributed by atoms with van der Waals surface area (Å²) in [5.74, 6) is 0. The van der Waals surface area contributed by atoms with Crippen LogP contribution in [0.4, 0.5) is 5.69 Å². The van der Waals surface area contributed by atoms with E-state index in [1.165, 1.54) is 25.7 Å². The first-order chi connectivity index (χ1) is 8.13. The molecule has 0 bridgehead atoms. The van der Waals surface area contributed by atoms with Gasteiger partial charge in [-0.05, 0) is 36.5 Å². The number of rotatable bonds is 3.